The maximum absolute atomic E-state index is 13.0. The molecule has 2 aromatic rings. The van der Waals surface area contributed by atoms with Crippen LogP contribution in [0.25, 0.3) is 0 Å². The van der Waals surface area contributed by atoms with Gasteiger partial charge in [-0.2, -0.15) is 4.31 Å². The Morgan fingerprint density at radius 3 is 2.66 bits per heavy atom. The molecule has 1 fully saturated rings. The Kier molecular flexibility index (Phi) is 6.55. The number of amides is 1. The minimum Gasteiger partial charge on any atom is -0.616 e. The molecule has 1 amide bonds. The van der Waals surface area contributed by atoms with E-state index in [0.717, 1.165) is 19.3 Å². The summed E-state index contributed by atoms with van der Waals surface area (Å²) >= 11 is 0. The van der Waals surface area contributed by atoms with Crippen LogP contribution in [0.15, 0.2) is 47.5 Å². The molecule has 0 radical (unpaired) electrons. The van der Waals surface area contributed by atoms with Crippen molar-refractivity contribution >= 4 is 21.6 Å². The molecule has 1 saturated heterocycles. The van der Waals surface area contributed by atoms with Gasteiger partial charge in [0.25, 0.3) is 5.91 Å². The Balaban J connectivity index is 1.74. The number of carbonyl (C=O) groups excluding carboxylic acids is 1. The second-order valence-corrected chi connectivity index (χ2v) is 8.44. The van der Waals surface area contributed by atoms with E-state index in [-0.39, 0.29) is 22.2 Å². The van der Waals surface area contributed by atoms with Gasteiger partial charge in [0.1, 0.15) is 10.6 Å². The molecule has 0 bridgehead atoms. The molecule has 156 valence electrons. The molecule has 0 atom stereocenters. The summed E-state index contributed by atoms with van der Waals surface area (Å²) in [5.41, 5.74) is 0.290. The van der Waals surface area contributed by atoms with Gasteiger partial charge in [-0.1, -0.05) is 6.42 Å². The third kappa shape index (κ3) is 4.96. The molecule has 29 heavy (non-hydrogen) atoms. The molecule has 0 spiro atoms. The molecule has 1 aromatic carbocycles. The summed E-state index contributed by atoms with van der Waals surface area (Å²) in [6.45, 7) is 0.525. The Bertz CT molecular complexity index is 974. The number of benzene rings is 1. The second-order valence-electron chi connectivity index (χ2n) is 6.53. The van der Waals surface area contributed by atoms with Gasteiger partial charge in [-0.3, -0.25) is 4.79 Å². The SMILES string of the molecule is COc1ccc(NC(=O)COc2cccc[n+]2[O-])cc1S(=O)(=O)N1CCCCC1. The minimum atomic E-state index is -3.74. The number of nitrogens with zero attached hydrogens (tertiary/aromatic N) is 2. The van der Waals surface area contributed by atoms with Gasteiger partial charge in [-0.15, -0.1) is 4.73 Å². The highest BCUT2D eigenvalue weighted by Gasteiger charge is 2.29. The number of anilines is 1. The number of sulfonamides is 1. The van der Waals surface area contributed by atoms with E-state index in [1.807, 2.05) is 0 Å². The van der Waals surface area contributed by atoms with Crippen LogP contribution in [0.2, 0.25) is 0 Å². The zero-order chi connectivity index (χ0) is 20.9. The number of pyridine rings is 1. The Labute approximate surface area is 169 Å². The van der Waals surface area contributed by atoms with Crippen molar-refractivity contribution in [2.24, 2.45) is 0 Å². The largest absolute Gasteiger partial charge is 0.616 e. The number of ether oxygens (including phenoxy) is 2. The molecule has 0 unspecified atom stereocenters. The first-order chi connectivity index (χ1) is 13.9. The van der Waals surface area contributed by atoms with E-state index in [4.69, 9.17) is 9.47 Å². The van der Waals surface area contributed by atoms with E-state index in [1.165, 1.54) is 35.8 Å². The first-order valence-corrected chi connectivity index (χ1v) is 10.6. The molecular formula is C19H23N3O6S. The summed E-state index contributed by atoms with van der Waals surface area (Å²) in [5.74, 6) is -0.326. The topological polar surface area (TPSA) is 112 Å². The van der Waals surface area contributed by atoms with Crippen molar-refractivity contribution in [1.82, 2.24) is 4.31 Å². The number of carbonyl (C=O) groups is 1. The van der Waals surface area contributed by atoms with Crippen LogP contribution in [0.3, 0.4) is 0 Å². The quantitative estimate of drug-likeness (QED) is 0.536. The van der Waals surface area contributed by atoms with Crippen LogP contribution >= 0.6 is 0 Å². The van der Waals surface area contributed by atoms with Crippen molar-refractivity contribution in [1.29, 1.82) is 0 Å². The van der Waals surface area contributed by atoms with E-state index >= 15 is 0 Å². The predicted molar refractivity (Wildman–Crippen MR) is 105 cm³/mol. The first-order valence-electron chi connectivity index (χ1n) is 9.21. The molecular weight excluding hydrogens is 398 g/mol. The van der Waals surface area contributed by atoms with Gasteiger partial charge in [-0.05, 0) is 37.1 Å². The molecule has 0 saturated carbocycles. The van der Waals surface area contributed by atoms with Crippen molar-refractivity contribution in [3.8, 4) is 11.6 Å². The molecule has 1 aliphatic heterocycles. The number of piperidine rings is 1. The Hall–Kier alpha value is -2.85. The summed E-state index contributed by atoms with van der Waals surface area (Å²) in [6.07, 6.45) is 3.89. The molecule has 1 N–H and O–H groups in total. The average Bonchev–Trinajstić information content (AvgIpc) is 2.74. The second kappa shape index (κ2) is 9.10. The van der Waals surface area contributed by atoms with Gasteiger partial charge in [0, 0.05) is 24.8 Å². The minimum absolute atomic E-state index is 0.000998. The lowest BCUT2D eigenvalue weighted by Gasteiger charge is -2.26. The normalized spacial score (nSPS) is 14.9. The zero-order valence-corrected chi connectivity index (χ0v) is 16.9. The maximum Gasteiger partial charge on any atom is 0.379 e. The van der Waals surface area contributed by atoms with Gasteiger partial charge >= 0.3 is 5.88 Å². The van der Waals surface area contributed by atoms with Gasteiger partial charge in [0.2, 0.25) is 10.0 Å². The lowest BCUT2D eigenvalue weighted by molar-refractivity contribution is -0.612. The summed E-state index contributed by atoms with van der Waals surface area (Å²) in [6, 6.07) is 9.01. The summed E-state index contributed by atoms with van der Waals surface area (Å²) in [5, 5.41) is 14.1. The fourth-order valence-corrected chi connectivity index (χ4v) is 4.76. The van der Waals surface area contributed by atoms with Crippen molar-refractivity contribution < 1.29 is 27.4 Å². The number of methoxy groups -OCH3 is 1. The summed E-state index contributed by atoms with van der Waals surface area (Å²) in [4.78, 5) is 12.2. The van der Waals surface area contributed by atoms with E-state index in [0.29, 0.717) is 17.8 Å². The number of hydrogen-bond donors (Lipinski definition) is 1. The number of nitrogens with one attached hydrogen (secondary N) is 1. The van der Waals surface area contributed by atoms with Crippen LogP contribution in [-0.4, -0.2) is 45.4 Å². The zero-order valence-electron chi connectivity index (χ0n) is 16.0. The molecule has 0 aliphatic carbocycles. The molecule has 9 nitrogen and oxygen atoms in total. The van der Waals surface area contributed by atoms with Crippen LogP contribution in [0.4, 0.5) is 5.69 Å². The third-order valence-electron chi connectivity index (χ3n) is 4.52. The summed E-state index contributed by atoms with van der Waals surface area (Å²) < 4.78 is 38.4. The highest BCUT2D eigenvalue weighted by Crippen LogP contribution is 2.31. The smallest absolute Gasteiger partial charge is 0.379 e. The number of hydrogen-bond acceptors (Lipinski definition) is 6. The van der Waals surface area contributed by atoms with Gasteiger partial charge in [0.15, 0.2) is 12.8 Å². The molecule has 2 heterocycles. The molecule has 1 aromatic heterocycles. The average molecular weight is 421 g/mol. The molecule has 10 heteroatoms. The van der Waals surface area contributed by atoms with Gasteiger partial charge < -0.3 is 20.0 Å². The van der Waals surface area contributed by atoms with Gasteiger partial charge in [-0.25, -0.2) is 8.42 Å². The fraction of sp³-hybridized carbons (Fsp3) is 0.368. The molecule has 1 aliphatic rings. The number of rotatable bonds is 7. The third-order valence-corrected chi connectivity index (χ3v) is 6.44. The van der Waals surface area contributed by atoms with E-state index in [9.17, 15) is 18.4 Å². The standard InChI is InChI=1S/C19H23N3O6S/c1-27-16-9-8-15(13-17(16)29(25,26)21-10-4-2-5-11-21)20-18(23)14-28-19-7-3-6-12-22(19)24/h3,6-9,12-13H,2,4-5,10-11,14H2,1H3,(H,20,23). The predicted octanol–water partition coefficient (Wildman–Crippen LogP) is 1.52. The van der Waals surface area contributed by atoms with E-state index in [2.05, 4.69) is 5.32 Å². The van der Waals surface area contributed by atoms with Gasteiger partial charge in [0.05, 0.1) is 13.2 Å². The monoisotopic (exact) mass is 421 g/mol. The summed E-state index contributed by atoms with van der Waals surface area (Å²) in [7, 11) is -2.35. The molecule has 3 rings (SSSR count). The van der Waals surface area contributed by atoms with Crippen LogP contribution in [-0.2, 0) is 14.8 Å². The first kappa shape index (κ1) is 20.9. The van der Waals surface area contributed by atoms with E-state index < -0.39 is 22.5 Å². The maximum atomic E-state index is 13.0. The van der Waals surface area contributed by atoms with Crippen molar-refractivity contribution in [2.75, 3.05) is 32.1 Å². The number of aromatic nitrogens is 1. The van der Waals surface area contributed by atoms with Crippen molar-refractivity contribution in [2.45, 2.75) is 24.2 Å². The van der Waals surface area contributed by atoms with Crippen molar-refractivity contribution in [3.63, 3.8) is 0 Å². The lowest BCUT2D eigenvalue weighted by atomic mass is 10.2. The van der Waals surface area contributed by atoms with Crippen LogP contribution in [0.5, 0.6) is 11.6 Å². The Morgan fingerprint density at radius 2 is 1.97 bits per heavy atom. The highest BCUT2D eigenvalue weighted by molar-refractivity contribution is 7.89. The van der Waals surface area contributed by atoms with Crippen LogP contribution < -0.4 is 19.5 Å². The highest BCUT2D eigenvalue weighted by atomic mass is 32.2. The van der Waals surface area contributed by atoms with Crippen LogP contribution in [0, 0.1) is 5.21 Å². The Morgan fingerprint density at radius 1 is 1.21 bits per heavy atom. The van der Waals surface area contributed by atoms with E-state index in [1.54, 1.807) is 18.2 Å². The van der Waals surface area contributed by atoms with Crippen molar-refractivity contribution in [3.05, 3.63) is 47.8 Å². The lowest BCUT2D eigenvalue weighted by Crippen LogP contribution is -2.35. The fourth-order valence-electron chi connectivity index (χ4n) is 3.06. The van der Waals surface area contributed by atoms with Crippen LogP contribution in [0.1, 0.15) is 19.3 Å².